The first-order valence-corrected chi connectivity index (χ1v) is 6.80. The summed E-state index contributed by atoms with van der Waals surface area (Å²) in [7, 11) is 0. The minimum absolute atomic E-state index is 0.146. The highest BCUT2D eigenvalue weighted by Crippen LogP contribution is 2.24. The van der Waals surface area contributed by atoms with Gasteiger partial charge in [-0.25, -0.2) is 4.98 Å². The van der Waals surface area contributed by atoms with Gasteiger partial charge in [0.1, 0.15) is 5.82 Å². The highest BCUT2D eigenvalue weighted by atomic mass is 16.1. The first-order chi connectivity index (χ1) is 8.79. The van der Waals surface area contributed by atoms with Crippen LogP contribution in [0.25, 0.3) is 0 Å². The van der Waals surface area contributed by atoms with Crippen molar-refractivity contribution in [3.63, 3.8) is 0 Å². The van der Waals surface area contributed by atoms with Gasteiger partial charge in [-0.1, -0.05) is 19.3 Å². The number of anilines is 2. The summed E-state index contributed by atoms with van der Waals surface area (Å²) in [6, 6.07) is 3.78. The van der Waals surface area contributed by atoms with E-state index in [0.29, 0.717) is 0 Å². The van der Waals surface area contributed by atoms with Crippen molar-refractivity contribution in [2.75, 3.05) is 17.2 Å². The highest BCUT2D eigenvalue weighted by Gasteiger charge is 2.20. The topological polar surface area (TPSA) is 54.0 Å². The number of hydrogen-bond donors (Lipinski definition) is 2. The maximum Gasteiger partial charge on any atom is 0.227 e. The van der Waals surface area contributed by atoms with E-state index in [4.69, 9.17) is 0 Å². The van der Waals surface area contributed by atoms with Crippen molar-refractivity contribution >= 4 is 17.4 Å². The zero-order chi connectivity index (χ0) is 12.8. The number of aromatic nitrogens is 1. The third-order valence-electron chi connectivity index (χ3n) is 3.36. The number of nitrogens with one attached hydrogen (secondary N) is 2. The smallest absolute Gasteiger partial charge is 0.227 e. The van der Waals surface area contributed by atoms with Crippen molar-refractivity contribution in [1.29, 1.82) is 0 Å². The molecule has 1 aromatic heterocycles. The molecule has 0 bridgehead atoms. The van der Waals surface area contributed by atoms with E-state index in [2.05, 4.69) is 15.6 Å². The molecule has 0 spiro atoms. The summed E-state index contributed by atoms with van der Waals surface area (Å²) < 4.78 is 0. The molecule has 1 amide bonds. The molecule has 18 heavy (non-hydrogen) atoms. The minimum Gasteiger partial charge on any atom is -0.370 e. The van der Waals surface area contributed by atoms with E-state index in [0.717, 1.165) is 30.9 Å². The van der Waals surface area contributed by atoms with Gasteiger partial charge in [0.05, 0.1) is 11.9 Å². The lowest BCUT2D eigenvalue weighted by Crippen LogP contribution is -2.24. The van der Waals surface area contributed by atoms with Gasteiger partial charge in [-0.15, -0.1) is 0 Å². The Bertz CT molecular complexity index is 383. The first-order valence-electron chi connectivity index (χ1n) is 6.80. The zero-order valence-corrected chi connectivity index (χ0v) is 10.9. The third kappa shape index (κ3) is 3.45. The van der Waals surface area contributed by atoms with E-state index in [-0.39, 0.29) is 11.8 Å². The molecule has 1 aliphatic rings. The second-order valence-electron chi connectivity index (χ2n) is 4.79. The molecule has 0 aromatic carbocycles. The van der Waals surface area contributed by atoms with Crippen LogP contribution in [0.1, 0.15) is 39.0 Å². The second-order valence-corrected chi connectivity index (χ2v) is 4.79. The van der Waals surface area contributed by atoms with Crippen molar-refractivity contribution < 1.29 is 4.79 Å². The van der Waals surface area contributed by atoms with Gasteiger partial charge in [0.25, 0.3) is 0 Å². The lowest BCUT2D eigenvalue weighted by Gasteiger charge is -2.20. The number of rotatable bonds is 4. The van der Waals surface area contributed by atoms with Crippen molar-refractivity contribution in [2.45, 2.75) is 39.0 Å². The van der Waals surface area contributed by atoms with E-state index >= 15 is 0 Å². The van der Waals surface area contributed by atoms with Gasteiger partial charge < -0.3 is 10.6 Å². The third-order valence-corrected chi connectivity index (χ3v) is 3.36. The fourth-order valence-corrected chi connectivity index (χ4v) is 2.36. The Hall–Kier alpha value is -1.58. The van der Waals surface area contributed by atoms with Crippen LogP contribution in [0.3, 0.4) is 0 Å². The van der Waals surface area contributed by atoms with Crippen LogP contribution in [0, 0.1) is 5.92 Å². The average Bonchev–Trinajstić information content (AvgIpc) is 2.42. The predicted molar refractivity (Wildman–Crippen MR) is 73.6 cm³/mol. The maximum absolute atomic E-state index is 12.0. The number of amides is 1. The van der Waals surface area contributed by atoms with Gasteiger partial charge in [-0.2, -0.15) is 0 Å². The van der Waals surface area contributed by atoms with Crippen LogP contribution < -0.4 is 10.6 Å². The van der Waals surface area contributed by atoms with Crippen LogP contribution in [-0.4, -0.2) is 17.4 Å². The number of hydrogen-bond acceptors (Lipinski definition) is 3. The number of pyridine rings is 1. The lowest BCUT2D eigenvalue weighted by molar-refractivity contribution is -0.120. The van der Waals surface area contributed by atoms with E-state index in [1.54, 1.807) is 6.20 Å². The summed E-state index contributed by atoms with van der Waals surface area (Å²) in [6.07, 6.45) is 7.37. The van der Waals surface area contributed by atoms with Crippen LogP contribution in [0.4, 0.5) is 11.5 Å². The fourth-order valence-electron chi connectivity index (χ4n) is 2.36. The molecule has 1 aliphatic carbocycles. The number of carbonyl (C=O) groups excluding carboxylic acids is 1. The van der Waals surface area contributed by atoms with Crippen LogP contribution in [0.15, 0.2) is 18.3 Å². The molecule has 1 saturated carbocycles. The molecular weight excluding hydrogens is 226 g/mol. The fraction of sp³-hybridized carbons (Fsp3) is 0.571. The summed E-state index contributed by atoms with van der Waals surface area (Å²) in [4.78, 5) is 16.3. The zero-order valence-electron chi connectivity index (χ0n) is 10.9. The van der Waals surface area contributed by atoms with Crippen molar-refractivity contribution in [2.24, 2.45) is 5.92 Å². The van der Waals surface area contributed by atoms with E-state index in [9.17, 15) is 4.79 Å². The Labute approximate surface area is 108 Å². The molecule has 0 radical (unpaired) electrons. The van der Waals surface area contributed by atoms with Gasteiger partial charge in [-0.3, -0.25) is 4.79 Å². The molecular formula is C14H21N3O. The lowest BCUT2D eigenvalue weighted by atomic mass is 9.88. The summed E-state index contributed by atoms with van der Waals surface area (Å²) >= 11 is 0. The summed E-state index contributed by atoms with van der Waals surface area (Å²) in [6.45, 7) is 2.88. The largest absolute Gasteiger partial charge is 0.370 e. The summed E-state index contributed by atoms with van der Waals surface area (Å²) in [5.41, 5.74) is 0.784. The standard InChI is InChI=1S/C14H21N3O/c1-2-15-13-9-8-12(10-16-13)17-14(18)11-6-4-3-5-7-11/h8-11H,2-7H2,1H3,(H,15,16)(H,17,18). The second kappa shape index (κ2) is 6.38. The van der Waals surface area contributed by atoms with Gasteiger partial charge >= 0.3 is 0 Å². The Balaban J connectivity index is 1.89. The molecule has 0 atom stereocenters. The molecule has 98 valence electrons. The van der Waals surface area contributed by atoms with Gasteiger partial charge in [0.15, 0.2) is 0 Å². The molecule has 4 nitrogen and oxygen atoms in total. The van der Waals surface area contributed by atoms with Crippen molar-refractivity contribution in [3.05, 3.63) is 18.3 Å². The Morgan fingerprint density at radius 1 is 1.33 bits per heavy atom. The molecule has 2 rings (SSSR count). The van der Waals surface area contributed by atoms with E-state index < -0.39 is 0 Å². The monoisotopic (exact) mass is 247 g/mol. The molecule has 0 saturated heterocycles. The highest BCUT2D eigenvalue weighted by molar-refractivity contribution is 5.92. The molecule has 4 heteroatoms. The molecule has 0 unspecified atom stereocenters. The molecule has 1 fully saturated rings. The van der Waals surface area contributed by atoms with Crippen LogP contribution in [0.5, 0.6) is 0 Å². The molecule has 2 N–H and O–H groups in total. The number of nitrogens with zero attached hydrogens (tertiary/aromatic N) is 1. The number of carbonyl (C=O) groups is 1. The van der Waals surface area contributed by atoms with Gasteiger partial charge in [-0.05, 0) is 31.9 Å². The van der Waals surface area contributed by atoms with Crippen LogP contribution >= 0.6 is 0 Å². The SMILES string of the molecule is CCNc1ccc(NC(=O)C2CCCCC2)cn1. The van der Waals surface area contributed by atoms with Crippen molar-refractivity contribution in [3.8, 4) is 0 Å². The minimum atomic E-state index is 0.146. The quantitative estimate of drug-likeness (QED) is 0.860. The average molecular weight is 247 g/mol. The Kier molecular flexibility index (Phi) is 4.56. The van der Waals surface area contributed by atoms with Crippen LogP contribution in [0.2, 0.25) is 0 Å². The molecule has 1 heterocycles. The van der Waals surface area contributed by atoms with Crippen molar-refractivity contribution in [1.82, 2.24) is 4.98 Å². The Morgan fingerprint density at radius 3 is 2.72 bits per heavy atom. The molecule has 0 aliphatic heterocycles. The molecule has 1 aromatic rings. The summed E-state index contributed by atoms with van der Waals surface area (Å²) in [5, 5.41) is 6.08. The predicted octanol–water partition coefficient (Wildman–Crippen LogP) is 3.03. The van der Waals surface area contributed by atoms with E-state index in [1.165, 1.54) is 19.3 Å². The van der Waals surface area contributed by atoms with Gasteiger partial charge in [0, 0.05) is 12.5 Å². The van der Waals surface area contributed by atoms with E-state index in [1.807, 2.05) is 19.1 Å². The Morgan fingerprint density at radius 2 is 2.11 bits per heavy atom. The maximum atomic E-state index is 12.0. The first kappa shape index (κ1) is 12.9. The normalized spacial score (nSPS) is 16.3. The summed E-state index contributed by atoms with van der Waals surface area (Å²) in [5.74, 6) is 1.17. The van der Waals surface area contributed by atoms with Crippen LogP contribution in [-0.2, 0) is 4.79 Å². The van der Waals surface area contributed by atoms with Gasteiger partial charge in [0.2, 0.25) is 5.91 Å².